The molecule has 2 fully saturated rings. The van der Waals surface area contributed by atoms with E-state index in [0.717, 1.165) is 18.4 Å². The zero-order chi connectivity index (χ0) is 11.4. The van der Waals surface area contributed by atoms with Crippen LogP contribution in [0.1, 0.15) is 51.4 Å². The first-order chi connectivity index (χ1) is 7.75. The Morgan fingerprint density at radius 2 is 1.62 bits per heavy atom. The van der Waals surface area contributed by atoms with Crippen molar-refractivity contribution in [2.24, 2.45) is 17.6 Å². The fourth-order valence-corrected chi connectivity index (χ4v) is 3.60. The summed E-state index contributed by atoms with van der Waals surface area (Å²) in [6.07, 6.45) is 11.4. The molecule has 1 atom stereocenters. The van der Waals surface area contributed by atoms with Gasteiger partial charge in [-0.3, -0.25) is 0 Å². The molecule has 0 radical (unpaired) electrons. The number of likely N-dealkylation sites (N-methyl/N-ethyl adjacent to an activating group) is 1. The van der Waals surface area contributed by atoms with Gasteiger partial charge in [-0.25, -0.2) is 0 Å². The summed E-state index contributed by atoms with van der Waals surface area (Å²) in [5, 5.41) is 0. The Balaban J connectivity index is 1.66. The van der Waals surface area contributed by atoms with Gasteiger partial charge in [-0.15, -0.1) is 0 Å². The second-order valence-electron chi connectivity index (χ2n) is 6.08. The quantitative estimate of drug-likeness (QED) is 0.778. The maximum atomic E-state index is 6.31. The second kappa shape index (κ2) is 6.02. The van der Waals surface area contributed by atoms with Crippen molar-refractivity contribution in [3.63, 3.8) is 0 Å². The molecule has 2 nitrogen and oxygen atoms in total. The average Bonchev–Trinajstić information content (AvgIpc) is 2.88. The molecule has 0 aromatic heterocycles. The number of nitrogens with two attached hydrogens (primary N) is 1. The van der Waals surface area contributed by atoms with E-state index in [0.29, 0.717) is 6.04 Å². The lowest BCUT2D eigenvalue weighted by molar-refractivity contribution is 0.237. The van der Waals surface area contributed by atoms with E-state index in [1.54, 1.807) is 0 Å². The Labute approximate surface area is 101 Å². The monoisotopic (exact) mass is 224 g/mol. The maximum Gasteiger partial charge on any atom is 0.0196 e. The highest BCUT2D eigenvalue weighted by molar-refractivity contribution is 4.81. The Morgan fingerprint density at radius 3 is 2.25 bits per heavy atom. The summed E-state index contributed by atoms with van der Waals surface area (Å²) in [5.41, 5.74) is 6.31. The highest BCUT2D eigenvalue weighted by Gasteiger charge is 2.24. The van der Waals surface area contributed by atoms with Crippen molar-refractivity contribution in [2.75, 3.05) is 20.1 Å². The summed E-state index contributed by atoms with van der Waals surface area (Å²) >= 11 is 0. The van der Waals surface area contributed by atoms with E-state index in [-0.39, 0.29) is 0 Å². The summed E-state index contributed by atoms with van der Waals surface area (Å²) in [7, 11) is 2.26. The number of rotatable bonds is 5. The maximum absolute atomic E-state index is 6.31. The van der Waals surface area contributed by atoms with Crippen LogP contribution in [0, 0.1) is 11.8 Å². The van der Waals surface area contributed by atoms with Crippen molar-refractivity contribution in [3.05, 3.63) is 0 Å². The zero-order valence-electron chi connectivity index (χ0n) is 10.8. The molecule has 0 aromatic rings. The molecule has 2 rings (SSSR count). The first-order valence-corrected chi connectivity index (χ1v) is 7.20. The molecule has 0 heterocycles. The molecular weight excluding hydrogens is 196 g/mol. The van der Waals surface area contributed by atoms with Crippen LogP contribution < -0.4 is 5.73 Å². The molecule has 0 aliphatic heterocycles. The van der Waals surface area contributed by atoms with Crippen LogP contribution in [-0.4, -0.2) is 31.1 Å². The van der Waals surface area contributed by atoms with Crippen LogP contribution in [0.4, 0.5) is 0 Å². The molecule has 94 valence electrons. The highest BCUT2D eigenvalue weighted by atomic mass is 15.1. The molecular formula is C14H28N2. The lowest BCUT2D eigenvalue weighted by Gasteiger charge is -2.27. The molecule has 0 aromatic carbocycles. The van der Waals surface area contributed by atoms with E-state index < -0.39 is 0 Å². The van der Waals surface area contributed by atoms with Crippen LogP contribution in [0.5, 0.6) is 0 Å². The SMILES string of the molecule is CN(CC1CCCC1)CC(N)C1CCCC1. The van der Waals surface area contributed by atoms with Gasteiger partial charge in [0.15, 0.2) is 0 Å². The Morgan fingerprint density at radius 1 is 1.06 bits per heavy atom. The minimum absolute atomic E-state index is 0.425. The average molecular weight is 224 g/mol. The van der Waals surface area contributed by atoms with E-state index in [1.807, 2.05) is 0 Å². The van der Waals surface area contributed by atoms with Gasteiger partial charge < -0.3 is 10.6 Å². The van der Waals surface area contributed by atoms with Gasteiger partial charge in [0.2, 0.25) is 0 Å². The smallest absolute Gasteiger partial charge is 0.0196 e. The largest absolute Gasteiger partial charge is 0.326 e. The van der Waals surface area contributed by atoms with Crippen molar-refractivity contribution < 1.29 is 0 Å². The van der Waals surface area contributed by atoms with Crippen LogP contribution in [0.3, 0.4) is 0 Å². The van der Waals surface area contributed by atoms with E-state index in [2.05, 4.69) is 11.9 Å². The third-order valence-electron chi connectivity index (χ3n) is 4.57. The van der Waals surface area contributed by atoms with Crippen LogP contribution >= 0.6 is 0 Å². The molecule has 0 amide bonds. The summed E-state index contributed by atoms with van der Waals surface area (Å²) in [6, 6.07) is 0.425. The standard InChI is InChI=1S/C14H28N2/c1-16(10-12-6-2-3-7-12)11-14(15)13-8-4-5-9-13/h12-14H,2-11,15H2,1H3. The summed E-state index contributed by atoms with van der Waals surface area (Å²) in [6.45, 7) is 2.39. The van der Waals surface area contributed by atoms with E-state index in [4.69, 9.17) is 5.73 Å². The van der Waals surface area contributed by atoms with Gasteiger partial charge in [-0.2, -0.15) is 0 Å². The Bertz CT molecular complexity index is 193. The molecule has 2 aliphatic rings. The lowest BCUT2D eigenvalue weighted by Crippen LogP contribution is -2.41. The van der Waals surface area contributed by atoms with E-state index >= 15 is 0 Å². The van der Waals surface area contributed by atoms with Crippen molar-refractivity contribution in [2.45, 2.75) is 57.4 Å². The van der Waals surface area contributed by atoms with Crippen LogP contribution in [0.2, 0.25) is 0 Å². The predicted octanol–water partition coefficient (Wildman–Crippen LogP) is 2.63. The van der Waals surface area contributed by atoms with E-state index in [1.165, 1.54) is 57.9 Å². The Hall–Kier alpha value is -0.0800. The van der Waals surface area contributed by atoms with Gasteiger partial charge in [0, 0.05) is 19.1 Å². The third-order valence-corrected chi connectivity index (χ3v) is 4.57. The minimum atomic E-state index is 0.425. The van der Waals surface area contributed by atoms with E-state index in [9.17, 15) is 0 Å². The molecule has 2 heteroatoms. The van der Waals surface area contributed by atoms with Crippen molar-refractivity contribution in [1.82, 2.24) is 4.90 Å². The zero-order valence-corrected chi connectivity index (χ0v) is 10.8. The van der Waals surface area contributed by atoms with Crippen LogP contribution in [0.25, 0.3) is 0 Å². The van der Waals surface area contributed by atoms with Gasteiger partial charge in [0.1, 0.15) is 0 Å². The molecule has 1 unspecified atom stereocenters. The van der Waals surface area contributed by atoms with Crippen LogP contribution in [0.15, 0.2) is 0 Å². The normalized spacial score (nSPS) is 25.7. The second-order valence-corrected chi connectivity index (χ2v) is 6.08. The molecule has 2 aliphatic carbocycles. The summed E-state index contributed by atoms with van der Waals surface area (Å²) < 4.78 is 0. The van der Waals surface area contributed by atoms with Gasteiger partial charge in [-0.05, 0) is 44.6 Å². The topological polar surface area (TPSA) is 29.3 Å². The molecule has 2 saturated carbocycles. The Kier molecular flexibility index (Phi) is 4.66. The molecule has 16 heavy (non-hydrogen) atoms. The fourth-order valence-electron chi connectivity index (χ4n) is 3.60. The minimum Gasteiger partial charge on any atom is -0.326 e. The van der Waals surface area contributed by atoms with Gasteiger partial charge in [-0.1, -0.05) is 25.7 Å². The van der Waals surface area contributed by atoms with Crippen LogP contribution in [-0.2, 0) is 0 Å². The first kappa shape index (κ1) is 12.4. The van der Waals surface area contributed by atoms with Gasteiger partial charge in [0.25, 0.3) is 0 Å². The summed E-state index contributed by atoms with van der Waals surface area (Å²) in [5.74, 6) is 1.77. The third kappa shape index (κ3) is 3.46. The van der Waals surface area contributed by atoms with Gasteiger partial charge in [0.05, 0.1) is 0 Å². The summed E-state index contributed by atoms with van der Waals surface area (Å²) in [4.78, 5) is 2.49. The number of hydrogen-bond acceptors (Lipinski definition) is 2. The number of nitrogens with zero attached hydrogens (tertiary/aromatic N) is 1. The van der Waals surface area contributed by atoms with Crippen molar-refractivity contribution >= 4 is 0 Å². The first-order valence-electron chi connectivity index (χ1n) is 7.20. The molecule has 0 saturated heterocycles. The fraction of sp³-hybridized carbons (Fsp3) is 1.00. The predicted molar refractivity (Wildman–Crippen MR) is 69.4 cm³/mol. The van der Waals surface area contributed by atoms with Crippen molar-refractivity contribution in [3.8, 4) is 0 Å². The van der Waals surface area contributed by atoms with Gasteiger partial charge >= 0.3 is 0 Å². The number of hydrogen-bond donors (Lipinski definition) is 1. The highest BCUT2D eigenvalue weighted by Crippen LogP contribution is 2.28. The molecule has 2 N–H and O–H groups in total. The molecule has 0 spiro atoms. The van der Waals surface area contributed by atoms with Crippen molar-refractivity contribution in [1.29, 1.82) is 0 Å². The molecule has 0 bridgehead atoms. The lowest BCUT2D eigenvalue weighted by atomic mass is 9.98.